The van der Waals surface area contributed by atoms with Crippen LogP contribution in [0.25, 0.3) is 0 Å². The fraction of sp³-hybridized carbons (Fsp3) is 0.429. The van der Waals surface area contributed by atoms with Gasteiger partial charge in [0.15, 0.2) is 0 Å². The summed E-state index contributed by atoms with van der Waals surface area (Å²) in [5.74, 6) is -0.361. The van der Waals surface area contributed by atoms with Gasteiger partial charge in [0.05, 0.1) is 6.54 Å². The number of rotatable bonds is 6. The number of carbonyl (C=O) groups is 1. The van der Waals surface area contributed by atoms with Crippen LogP contribution < -0.4 is 11.1 Å². The van der Waals surface area contributed by atoms with Gasteiger partial charge in [0.1, 0.15) is 10.8 Å². The van der Waals surface area contributed by atoms with Gasteiger partial charge in [-0.05, 0) is 37.6 Å². The summed E-state index contributed by atoms with van der Waals surface area (Å²) < 4.78 is 13.2. The Morgan fingerprint density at radius 1 is 1.55 bits per heavy atom. The van der Waals surface area contributed by atoms with E-state index in [0.717, 1.165) is 18.4 Å². The van der Waals surface area contributed by atoms with Crippen molar-refractivity contribution >= 4 is 23.1 Å². The predicted molar refractivity (Wildman–Crippen MR) is 79.8 cm³/mol. The predicted octanol–water partition coefficient (Wildman–Crippen LogP) is 1.17. The topological polar surface area (TPSA) is 58.4 Å². The molecule has 108 valence electrons. The van der Waals surface area contributed by atoms with E-state index in [4.69, 9.17) is 18.0 Å². The Morgan fingerprint density at radius 2 is 2.25 bits per heavy atom. The molecule has 0 spiro atoms. The molecule has 0 radical (unpaired) electrons. The Kier molecular flexibility index (Phi) is 4.67. The minimum atomic E-state index is -0.370. The van der Waals surface area contributed by atoms with Crippen LogP contribution in [-0.2, 0) is 11.3 Å². The van der Waals surface area contributed by atoms with Gasteiger partial charge >= 0.3 is 0 Å². The number of nitrogens with zero attached hydrogens (tertiary/aromatic N) is 1. The van der Waals surface area contributed by atoms with E-state index in [1.165, 1.54) is 12.1 Å². The van der Waals surface area contributed by atoms with E-state index in [9.17, 15) is 9.18 Å². The third-order valence-corrected chi connectivity index (χ3v) is 3.35. The molecule has 0 atom stereocenters. The third-order valence-electron chi connectivity index (χ3n) is 3.13. The summed E-state index contributed by atoms with van der Waals surface area (Å²) in [5.41, 5.74) is 6.94. The molecular formula is C14H18FN3OS. The molecule has 3 N–H and O–H groups in total. The van der Waals surface area contributed by atoms with Crippen LogP contribution >= 0.6 is 12.2 Å². The summed E-state index contributed by atoms with van der Waals surface area (Å²) in [7, 11) is 1.83. The number of halogens is 1. The second-order valence-electron chi connectivity index (χ2n) is 5.18. The average molecular weight is 295 g/mol. The minimum absolute atomic E-state index is 0.00832. The number of amides is 1. The van der Waals surface area contributed by atoms with Crippen LogP contribution in [0, 0.1) is 5.82 Å². The summed E-state index contributed by atoms with van der Waals surface area (Å²) in [4.78, 5) is 13.7. The van der Waals surface area contributed by atoms with Gasteiger partial charge in [-0.1, -0.05) is 18.3 Å². The molecule has 1 fully saturated rings. The summed E-state index contributed by atoms with van der Waals surface area (Å²) in [6, 6.07) is 4.71. The summed E-state index contributed by atoms with van der Waals surface area (Å²) in [6.07, 6.45) is 2.14. The number of nitrogens with one attached hydrogen (secondary N) is 1. The Balaban J connectivity index is 1.97. The van der Waals surface area contributed by atoms with Crippen LogP contribution in [-0.4, -0.2) is 35.4 Å². The van der Waals surface area contributed by atoms with Crippen molar-refractivity contribution in [1.29, 1.82) is 0 Å². The van der Waals surface area contributed by atoms with Crippen molar-refractivity contribution in [2.24, 2.45) is 5.73 Å². The van der Waals surface area contributed by atoms with E-state index in [-0.39, 0.29) is 16.7 Å². The average Bonchev–Trinajstić information content (AvgIpc) is 3.14. The molecule has 1 saturated carbocycles. The van der Waals surface area contributed by atoms with Gasteiger partial charge in [-0.2, -0.15) is 0 Å². The summed E-state index contributed by atoms with van der Waals surface area (Å²) in [5, 5.41) is 2.93. The monoisotopic (exact) mass is 295 g/mol. The van der Waals surface area contributed by atoms with E-state index in [1.54, 1.807) is 6.07 Å². The lowest BCUT2D eigenvalue weighted by atomic mass is 10.1. The van der Waals surface area contributed by atoms with E-state index < -0.39 is 0 Å². The first kappa shape index (κ1) is 14.9. The van der Waals surface area contributed by atoms with Gasteiger partial charge in [0.2, 0.25) is 5.91 Å². The van der Waals surface area contributed by atoms with Gasteiger partial charge in [-0.15, -0.1) is 0 Å². The highest BCUT2D eigenvalue weighted by Crippen LogP contribution is 2.18. The zero-order chi connectivity index (χ0) is 14.7. The maximum Gasteiger partial charge on any atom is 0.234 e. The Hall–Kier alpha value is -1.53. The van der Waals surface area contributed by atoms with Crippen LogP contribution in [0.5, 0.6) is 0 Å². The van der Waals surface area contributed by atoms with E-state index in [0.29, 0.717) is 24.7 Å². The SMILES string of the molecule is CN(CC(=O)NC1CC1)Cc1ccc(F)cc1C(N)=S. The molecule has 1 aliphatic rings. The minimum Gasteiger partial charge on any atom is -0.389 e. The fourth-order valence-corrected chi connectivity index (χ4v) is 2.20. The number of hydrogen-bond donors (Lipinski definition) is 2. The lowest BCUT2D eigenvalue weighted by Gasteiger charge is -2.18. The van der Waals surface area contributed by atoms with Crippen molar-refractivity contribution in [1.82, 2.24) is 10.2 Å². The van der Waals surface area contributed by atoms with E-state index in [2.05, 4.69) is 5.32 Å². The molecule has 6 heteroatoms. The van der Waals surface area contributed by atoms with E-state index in [1.807, 2.05) is 11.9 Å². The van der Waals surface area contributed by atoms with Crippen LogP contribution in [0.2, 0.25) is 0 Å². The number of likely N-dealkylation sites (N-methyl/N-ethyl adjacent to an activating group) is 1. The number of carbonyl (C=O) groups excluding carboxylic acids is 1. The highest BCUT2D eigenvalue weighted by atomic mass is 32.1. The zero-order valence-corrected chi connectivity index (χ0v) is 12.2. The first-order chi connectivity index (χ1) is 9.45. The molecule has 0 saturated heterocycles. The van der Waals surface area contributed by atoms with Crippen molar-refractivity contribution in [3.8, 4) is 0 Å². The smallest absolute Gasteiger partial charge is 0.234 e. The number of benzene rings is 1. The van der Waals surface area contributed by atoms with Crippen LogP contribution in [0.3, 0.4) is 0 Å². The lowest BCUT2D eigenvalue weighted by molar-refractivity contribution is -0.122. The van der Waals surface area contributed by atoms with Crippen molar-refractivity contribution in [3.63, 3.8) is 0 Å². The Labute approximate surface area is 123 Å². The normalized spacial score (nSPS) is 14.3. The van der Waals surface area contributed by atoms with Crippen LogP contribution in [0.15, 0.2) is 18.2 Å². The molecule has 1 aliphatic carbocycles. The number of nitrogens with two attached hydrogens (primary N) is 1. The summed E-state index contributed by atoms with van der Waals surface area (Å²) in [6.45, 7) is 0.787. The van der Waals surface area contributed by atoms with Crippen molar-refractivity contribution in [3.05, 3.63) is 35.1 Å². The third kappa shape index (κ3) is 4.25. The molecule has 0 heterocycles. The van der Waals surface area contributed by atoms with Crippen molar-refractivity contribution < 1.29 is 9.18 Å². The van der Waals surface area contributed by atoms with Crippen molar-refractivity contribution in [2.75, 3.05) is 13.6 Å². The molecule has 0 aliphatic heterocycles. The standard InChI is InChI=1S/C14H18FN3OS/c1-18(8-13(19)17-11-4-5-11)7-9-2-3-10(15)6-12(9)14(16)20/h2-3,6,11H,4-5,7-8H2,1H3,(H2,16,20)(H,17,19). The first-order valence-corrected chi connectivity index (χ1v) is 6.92. The second-order valence-corrected chi connectivity index (χ2v) is 5.62. The van der Waals surface area contributed by atoms with Crippen LogP contribution in [0.1, 0.15) is 24.0 Å². The second kappa shape index (κ2) is 6.28. The summed E-state index contributed by atoms with van der Waals surface area (Å²) >= 11 is 4.93. The van der Waals surface area contributed by atoms with Crippen molar-refractivity contribution in [2.45, 2.75) is 25.4 Å². The molecule has 2 rings (SSSR count). The fourth-order valence-electron chi connectivity index (χ4n) is 2.01. The van der Waals surface area contributed by atoms with Crippen LogP contribution in [0.4, 0.5) is 4.39 Å². The highest BCUT2D eigenvalue weighted by Gasteiger charge is 2.23. The molecule has 0 bridgehead atoms. The molecule has 0 aromatic heterocycles. The molecule has 1 amide bonds. The largest absolute Gasteiger partial charge is 0.389 e. The molecule has 4 nitrogen and oxygen atoms in total. The molecule has 20 heavy (non-hydrogen) atoms. The first-order valence-electron chi connectivity index (χ1n) is 6.52. The number of thiocarbonyl (C=S) groups is 1. The maximum atomic E-state index is 13.2. The highest BCUT2D eigenvalue weighted by molar-refractivity contribution is 7.80. The van der Waals surface area contributed by atoms with Gasteiger partial charge in [-0.25, -0.2) is 4.39 Å². The Morgan fingerprint density at radius 3 is 2.85 bits per heavy atom. The van der Waals surface area contributed by atoms with Gasteiger partial charge in [0, 0.05) is 18.2 Å². The number of hydrogen-bond acceptors (Lipinski definition) is 3. The zero-order valence-electron chi connectivity index (χ0n) is 11.4. The maximum absolute atomic E-state index is 13.2. The molecular weight excluding hydrogens is 277 g/mol. The lowest BCUT2D eigenvalue weighted by Crippen LogP contribution is -2.36. The Bertz CT molecular complexity index is 531. The quantitative estimate of drug-likeness (QED) is 0.774. The molecule has 0 unspecified atom stereocenters. The molecule has 1 aromatic carbocycles. The molecule has 1 aromatic rings. The van der Waals surface area contributed by atoms with E-state index >= 15 is 0 Å². The van der Waals surface area contributed by atoms with Gasteiger partial charge in [0.25, 0.3) is 0 Å². The van der Waals surface area contributed by atoms with Gasteiger partial charge < -0.3 is 11.1 Å². The van der Waals surface area contributed by atoms with Gasteiger partial charge in [-0.3, -0.25) is 9.69 Å².